The molecule has 0 spiro atoms. The molecule has 11 heteroatoms. The van der Waals surface area contributed by atoms with Crippen molar-refractivity contribution in [3.05, 3.63) is 69.6 Å². The van der Waals surface area contributed by atoms with Crippen molar-refractivity contribution in [2.45, 2.75) is 43.9 Å². The first-order chi connectivity index (χ1) is 16.2. The normalized spacial score (nSPS) is 11.6. The molecule has 34 heavy (non-hydrogen) atoms. The number of nitroso groups, excluding NO2 is 1. The maximum absolute atomic E-state index is 12.3. The SMILES string of the molecule is CC(C)c1ccc(SNCCCc2csc(-c3ccc(OC(F)(F)F)cc3)n2)cc1C(=O)N=O. The average Bonchev–Trinajstić information content (AvgIpc) is 3.26. The van der Waals surface area contributed by atoms with Crippen LogP contribution in [0.1, 0.15) is 47.8 Å². The number of thiazole rings is 1. The number of hydrogen-bond acceptors (Lipinski definition) is 7. The molecule has 0 fully saturated rings. The van der Waals surface area contributed by atoms with Crippen LogP contribution >= 0.6 is 23.3 Å². The van der Waals surface area contributed by atoms with Crippen LogP contribution in [0.4, 0.5) is 13.2 Å². The Kier molecular flexibility index (Phi) is 8.81. The highest BCUT2D eigenvalue weighted by Gasteiger charge is 2.31. The van der Waals surface area contributed by atoms with E-state index < -0.39 is 12.3 Å². The third kappa shape index (κ3) is 7.37. The van der Waals surface area contributed by atoms with E-state index in [-0.39, 0.29) is 11.7 Å². The molecule has 180 valence electrons. The number of alkyl halides is 3. The van der Waals surface area contributed by atoms with Crippen molar-refractivity contribution >= 4 is 29.2 Å². The van der Waals surface area contributed by atoms with Gasteiger partial charge in [-0.3, -0.25) is 9.52 Å². The molecule has 1 N–H and O–H groups in total. The van der Waals surface area contributed by atoms with Crippen molar-refractivity contribution in [3.8, 4) is 16.3 Å². The molecule has 6 nitrogen and oxygen atoms in total. The lowest BCUT2D eigenvalue weighted by molar-refractivity contribution is -0.274. The Balaban J connectivity index is 1.48. The van der Waals surface area contributed by atoms with Crippen LogP contribution in [-0.2, 0) is 6.42 Å². The number of benzene rings is 2. The molecule has 0 aliphatic heterocycles. The zero-order valence-corrected chi connectivity index (χ0v) is 20.0. The average molecular weight is 510 g/mol. The van der Waals surface area contributed by atoms with Crippen molar-refractivity contribution in [1.82, 2.24) is 9.71 Å². The number of carbonyl (C=O) groups excluding carboxylic acids is 1. The predicted molar refractivity (Wildman–Crippen MR) is 127 cm³/mol. The number of hydrogen-bond donors (Lipinski definition) is 1. The molecular weight excluding hydrogens is 487 g/mol. The summed E-state index contributed by atoms with van der Waals surface area (Å²) in [6.45, 7) is 4.58. The van der Waals surface area contributed by atoms with Crippen LogP contribution in [0.25, 0.3) is 10.6 Å². The Hall–Kier alpha value is -2.76. The van der Waals surface area contributed by atoms with Gasteiger partial charge in [0.25, 0.3) is 0 Å². The number of amides is 1. The summed E-state index contributed by atoms with van der Waals surface area (Å²) in [6.07, 6.45) is -3.18. The fourth-order valence-electron chi connectivity index (χ4n) is 3.17. The number of rotatable bonds is 10. The summed E-state index contributed by atoms with van der Waals surface area (Å²) in [7, 11) is 0. The van der Waals surface area contributed by atoms with Gasteiger partial charge >= 0.3 is 12.3 Å². The van der Waals surface area contributed by atoms with Gasteiger partial charge in [-0.25, -0.2) is 4.98 Å². The number of nitrogens with zero attached hydrogens (tertiary/aromatic N) is 2. The van der Waals surface area contributed by atoms with Gasteiger partial charge in [-0.2, -0.15) is 0 Å². The summed E-state index contributed by atoms with van der Waals surface area (Å²) in [5.74, 6) is -0.941. The van der Waals surface area contributed by atoms with Gasteiger partial charge in [-0.05, 0) is 72.7 Å². The van der Waals surface area contributed by atoms with E-state index in [1.807, 2.05) is 31.4 Å². The van der Waals surface area contributed by atoms with Crippen LogP contribution in [-0.4, -0.2) is 23.8 Å². The van der Waals surface area contributed by atoms with Crippen LogP contribution in [0.2, 0.25) is 0 Å². The maximum Gasteiger partial charge on any atom is 0.573 e. The number of aromatic nitrogens is 1. The third-order valence-corrected chi connectivity index (χ3v) is 6.53. The molecule has 0 aliphatic carbocycles. The van der Waals surface area contributed by atoms with E-state index >= 15 is 0 Å². The van der Waals surface area contributed by atoms with Gasteiger partial charge < -0.3 is 4.74 Å². The second-order valence-corrected chi connectivity index (χ2v) is 9.44. The summed E-state index contributed by atoms with van der Waals surface area (Å²) in [5.41, 5.74) is 2.73. The summed E-state index contributed by atoms with van der Waals surface area (Å²) in [6, 6.07) is 11.0. The van der Waals surface area contributed by atoms with Crippen LogP contribution < -0.4 is 9.46 Å². The Morgan fingerprint density at radius 2 is 1.94 bits per heavy atom. The van der Waals surface area contributed by atoms with Gasteiger partial charge in [0.15, 0.2) is 0 Å². The number of carbonyl (C=O) groups is 1. The molecule has 1 heterocycles. The van der Waals surface area contributed by atoms with Crippen LogP contribution in [0, 0.1) is 4.91 Å². The van der Waals surface area contributed by atoms with Gasteiger partial charge in [-0.1, -0.05) is 19.9 Å². The number of aryl methyl sites for hydroxylation is 1. The summed E-state index contributed by atoms with van der Waals surface area (Å²) in [5, 5.41) is 5.20. The van der Waals surface area contributed by atoms with Crippen molar-refractivity contribution in [1.29, 1.82) is 0 Å². The monoisotopic (exact) mass is 509 g/mol. The fourth-order valence-corrected chi connectivity index (χ4v) is 4.75. The Morgan fingerprint density at radius 3 is 2.59 bits per heavy atom. The molecule has 0 radical (unpaired) electrons. The van der Waals surface area contributed by atoms with E-state index in [2.05, 4.69) is 19.6 Å². The lowest BCUT2D eigenvalue weighted by Gasteiger charge is -2.11. The first-order valence-electron chi connectivity index (χ1n) is 10.4. The minimum absolute atomic E-state index is 0.0990. The van der Waals surface area contributed by atoms with E-state index in [9.17, 15) is 22.9 Å². The zero-order chi connectivity index (χ0) is 24.7. The first kappa shape index (κ1) is 25.9. The first-order valence-corrected chi connectivity index (χ1v) is 12.1. The van der Waals surface area contributed by atoms with Gasteiger partial charge in [0.05, 0.1) is 5.69 Å². The summed E-state index contributed by atoms with van der Waals surface area (Å²) in [4.78, 5) is 27.9. The molecule has 1 aromatic heterocycles. The number of halogens is 3. The molecular formula is C23H22F3N3O3S2. The molecule has 1 amide bonds. The molecule has 0 saturated carbocycles. The van der Waals surface area contributed by atoms with E-state index in [0.717, 1.165) is 39.6 Å². The van der Waals surface area contributed by atoms with Gasteiger partial charge in [0.2, 0.25) is 0 Å². The Morgan fingerprint density at radius 1 is 1.21 bits per heavy atom. The Bertz CT molecular complexity index is 1130. The molecule has 3 aromatic rings. The second kappa shape index (κ2) is 11.6. The molecule has 0 bridgehead atoms. The summed E-state index contributed by atoms with van der Waals surface area (Å²) < 4.78 is 44.0. The van der Waals surface area contributed by atoms with Crippen molar-refractivity contribution in [3.63, 3.8) is 0 Å². The third-order valence-electron chi connectivity index (χ3n) is 4.75. The Labute approximate surface area is 203 Å². The van der Waals surface area contributed by atoms with Crippen LogP contribution in [0.5, 0.6) is 5.75 Å². The van der Waals surface area contributed by atoms with E-state index in [1.54, 1.807) is 18.2 Å². The van der Waals surface area contributed by atoms with Crippen molar-refractivity contribution in [2.24, 2.45) is 5.18 Å². The van der Waals surface area contributed by atoms with Gasteiger partial charge in [0, 0.05) is 33.1 Å². The molecule has 0 atom stereocenters. The maximum atomic E-state index is 12.3. The number of nitrogens with one attached hydrogen (secondary N) is 1. The highest BCUT2D eigenvalue weighted by molar-refractivity contribution is 7.97. The molecule has 0 aliphatic rings. The molecule has 3 rings (SSSR count). The predicted octanol–water partition coefficient (Wildman–Crippen LogP) is 6.97. The minimum Gasteiger partial charge on any atom is -0.406 e. The highest BCUT2D eigenvalue weighted by atomic mass is 32.2. The highest BCUT2D eigenvalue weighted by Crippen LogP contribution is 2.29. The standard InChI is InChI=1S/C23H22F3N3O3S2/c1-14(2)19-10-9-18(12-20(19)21(30)29-31)34-27-11-3-4-16-13-33-22(28-16)15-5-7-17(8-6-15)32-23(24,25)26/h5-10,12-14,27H,3-4,11H2,1-2H3. The van der Waals surface area contributed by atoms with Gasteiger partial charge in [-0.15, -0.1) is 29.4 Å². The minimum atomic E-state index is -4.72. The van der Waals surface area contributed by atoms with E-state index in [1.165, 1.54) is 35.4 Å². The van der Waals surface area contributed by atoms with Crippen LogP contribution in [0.3, 0.4) is 0 Å². The smallest absolute Gasteiger partial charge is 0.406 e. The molecule has 0 saturated heterocycles. The lowest BCUT2D eigenvalue weighted by Crippen LogP contribution is -2.16. The lowest BCUT2D eigenvalue weighted by atomic mass is 9.97. The number of ether oxygens (including phenoxy) is 1. The topological polar surface area (TPSA) is 80.7 Å². The second-order valence-electron chi connectivity index (χ2n) is 7.62. The molecule has 0 unspecified atom stereocenters. The zero-order valence-electron chi connectivity index (χ0n) is 18.4. The van der Waals surface area contributed by atoms with E-state index in [4.69, 9.17) is 0 Å². The quantitative estimate of drug-likeness (QED) is 0.181. The molecule has 2 aromatic carbocycles. The van der Waals surface area contributed by atoms with Gasteiger partial charge in [0.1, 0.15) is 10.8 Å². The van der Waals surface area contributed by atoms with Crippen LogP contribution in [0.15, 0.2) is 57.9 Å². The fraction of sp³-hybridized carbons (Fsp3) is 0.304. The van der Waals surface area contributed by atoms with E-state index in [0.29, 0.717) is 12.1 Å². The van der Waals surface area contributed by atoms with Crippen molar-refractivity contribution < 1.29 is 22.7 Å². The largest absolute Gasteiger partial charge is 0.573 e. The summed E-state index contributed by atoms with van der Waals surface area (Å²) >= 11 is 2.80. The van der Waals surface area contributed by atoms with Crippen molar-refractivity contribution in [2.75, 3.05) is 6.54 Å².